The van der Waals surface area contributed by atoms with Crippen LogP contribution in [-0.2, 0) is 11.6 Å². The number of ether oxygens (including phenoxy) is 1. The van der Waals surface area contributed by atoms with Crippen molar-refractivity contribution in [3.05, 3.63) is 29.3 Å². The highest BCUT2D eigenvalue weighted by molar-refractivity contribution is 5.49. The van der Waals surface area contributed by atoms with Gasteiger partial charge in [-0.15, -0.1) is 0 Å². The van der Waals surface area contributed by atoms with Crippen molar-refractivity contribution < 1.29 is 17.9 Å². The first-order valence-electron chi connectivity index (χ1n) is 6.14. The Morgan fingerprint density at radius 1 is 1.32 bits per heavy atom. The van der Waals surface area contributed by atoms with E-state index in [2.05, 4.69) is 0 Å². The lowest BCUT2D eigenvalue weighted by molar-refractivity contribution is -0.137. The molecule has 1 fully saturated rings. The summed E-state index contributed by atoms with van der Waals surface area (Å²) in [5.74, 6) is 0.476. The summed E-state index contributed by atoms with van der Waals surface area (Å²) < 4.78 is 43.7. The second-order valence-corrected chi connectivity index (χ2v) is 5.76. The van der Waals surface area contributed by atoms with E-state index in [0.29, 0.717) is 17.9 Å². The van der Waals surface area contributed by atoms with Crippen molar-refractivity contribution in [2.45, 2.75) is 31.9 Å². The van der Waals surface area contributed by atoms with E-state index >= 15 is 0 Å². The van der Waals surface area contributed by atoms with Gasteiger partial charge in [0.1, 0.15) is 5.75 Å². The van der Waals surface area contributed by atoms with Crippen molar-refractivity contribution in [1.82, 2.24) is 0 Å². The molecule has 1 aromatic carbocycles. The Balaban J connectivity index is 2.56. The Bertz CT molecular complexity index is 496. The van der Waals surface area contributed by atoms with Gasteiger partial charge in [-0.05, 0) is 30.0 Å². The number of rotatable bonds is 3. The van der Waals surface area contributed by atoms with Crippen LogP contribution in [0, 0.1) is 5.41 Å². The molecular weight excluding hydrogens is 255 g/mol. The molecule has 1 aliphatic rings. The molecule has 1 unspecified atom stereocenters. The van der Waals surface area contributed by atoms with Crippen LogP contribution >= 0.6 is 0 Å². The van der Waals surface area contributed by atoms with Crippen molar-refractivity contribution in [1.29, 1.82) is 0 Å². The Hall–Kier alpha value is -1.23. The van der Waals surface area contributed by atoms with Crippen LogP contribution in [-0.4, -0.2) is 13.7 Å². The second kappa shape index (κ2) is 4.13. The number of methoxy groups -OCH3 is 1. The number of hydrogen-bond acceptors (Lipinski definition) is 2. The number of alkyl halides is 3. The van der Waals surface area contributed by atoms with Gasteiger partial charge in [0.15, 0.2) is 0 Å². The summed E-state index contributed by atoms with van der Waals surface area (Å²) in [6.07, 6.45) is -3.58. The maximum atomic E-state index is 12.8. The van der Waals surface area contributed by atoms with E-state index in [1.165, 1.54) is 19.2 Å². The molecule has 2 rings (SSSR count). The SMILES string of the molecule is COc1ccc(C(F)(F)F)cc1C1(CN)CC1(C)C. The molecule has 1 aromatic rings. The second-order valence-electron chi connectivity index (χ2n) is 5.76. The molecule has 0 aromatic heterocycles. The highest BCUT2D eigenvalue weighted by Crippen LogP contribution is 2.65. The largest absolute Gasteiger partial charge is 0.496 e. The molecule has 1 saturated carbocycles. The zero-order valence-corrected chi connectivity index (χ0v) is 11.3. The van der Waals surface area contributed by atoms with Crippen molar-refractivity contribution in [2.24, 2.45) is 11.1 Å². The van der Waals surface area contributed by atoms with Crippen LogP contribution in [0.2, 0.25) is 0 Å². The maximum absolute atomic E-state index is 12.8. The average Bonchev–Trinajstić information content (AvgIpc) is 2.91. The zero-order valence-electron chi connectivity index (χ0n) is 11.3. The molecule has 106 valence electrons. The zero-order chi connectivity index (χ0) is 14.5. The van der Waals surface area contributed by atoms with E-state index in [4.69, 9.17) is 10.5 Å². The number of benzene rings is 1. The first-order valence-corrected chi connectivity index (χ1v) is 6.14. The molecule has 0 radical (unpaired) electrons. The van der Waals surface area contributed by atoms with E-state index in [0.717, 1.165) is 12.5 Å². The molecule has 0 saturated heterocycles. The van der Waals surface area contributed by atoms with Gasteiger partial charge in [-0.25, -0.2) is 0 Å². The lowest BCUT2D eigenvalue weighted by Crippen LogP contribution is -2.26. The molecule has 0 heterocycles. The third-order valence-electron chi connectivity index (χ3n) is 4.31. The lowest BCUT2D eigenvalue weighted by Gasteiger charge is -2.23. The summed E-state index contributed by atoms with van der Waals surface area (Å²) in [6, 6.07) is 3.60. The molecule has 19 heavy (non-hydrogen) atoms. The van der Waals surface area contributed by atoms with E-state index in [9.17, 15) is 13.2 Å². The number of halogens is 3. The van der Waals surface area contributed by atoms with Gasteiger partial charge in [0.25, 0.3) is 0 Å². The van der Waals surface area contributed by atoms with Crippen LogP contribution in [0.25, 0.3) is 0 Å². The highest BCUT2D eigenvalue weighted by atomic mass is 19.4. The number of hydrogen-bond donors (Lipinski definition) is 1. The monoisotopic (exact) mass is 273 g/mol. The average molecular weight is 273 g/mol. The van der Waals surface area contributed by atoms with Gasteiger partial charge < -0.3 is 10.5 Å². The van der Waals surface area contributed by atoms with E-state index in [-0.39, 0.29) is 5.41 Å². The van der Waals surface area contributed by atoms with Crippen LogP contribution in [0.3, 0.4) is 0 Å². The molecule has 0 aliphatic heterocycles. The van der Waals surface area contributed by atoms with Crippen molar-refractivity contribution >= 4 is 0 Å². The summed E-state index contributed by atoms with van der Waals surface area (Å²) in [6.45, 7) is 4.34. The standard InChI is InChI=1S/C14H18F3NO/c1-12(2)7-13(12,8-18)10-6-9(14(15,16)17)4-5-11(10)19-3/h4-6H,7-8,18H2,1-3H3. The van der Waals surface area contributed by atoms with Crippen LogP contribution in [0.5, 0.6) is 5.75 Å². The van der Waals surface area contributed by atoms with Gasteiger partial charge in [-0.1, -0.05) is 13.8 Å². The Kier molecular flexibility index (Phi) is 3.08. The molecule has 0 spiro atoms. The smallest absolute Gasteiger partial charge is 0.416 e. The van der Waals surface area contributed by atoms with Gasteiger partial charge in [0, 0.05) is 17.5 Å². The Morgan fingerprint density at radius 3 is 2.26 bits per heavy atom. The molecule has 2 nitrogen and oxygen atoms in total. The van der Waals surface area contributed by atoms with Crippen LogP contribution in [0.15, 0.2) is 18.2 Å². The van der Waals surface area contributed by atoms with Crippen LogP contribution in [0.4, 0.5) is 13.2 Å². The van der Waals surface area contributed by atoms with Crippen molar-refractivity contribution in [3.8, 4) is 5.75 Å². The maximum Gasteiger partial charge on any atom is 0.416 e. The lowest BCUT2D eigenvalue weighted by atomic mass is 9.86. The predicted molar refractivity (Wildman–Crippen MR) is 67.1 cm³/mol. The minimum absolute atomic E-state index is 0.0980. The fraction of sp³-hybridized carbons (Fsp3) is 0.571. The molecule has 0 bridgehead atoms. The van der Waals surface area contributed by atoms with E-state index < -0.39 is 17.2 Å². The molecule has 0 amide bonds. The normalized spacial score (nSPS) is 25.2. The van der Waals surface area contributed by atoms with Crippen LogP contribution in [0.1, 0.15) is 31.4 Å². The molecule has 1 aliphatic carbocycles. The Labute approximate surface area is 110 Å². The summed E-state index contributed by atoms with van der Waals surface area (Å²) in [4.78, 5) is 0. The quantitative estimate of drug-likeness (QED) is 0.916. The van der Waals surface area contributed by atoms with Gasteiger partial charge in [-0.2, -0.15) is 13.2 Å². The summed E-state index contributed by atoms with van der Waals surface area (Å²) in [7, 11) is 1.46. The fourth-order valence-electron chi connectivity index (χ4n) is 2.89. The van der Waals surface area contributed by atoms with Crippen LogP contribution < -0.4 is 10.5 Å². The predicted octanol–water partition coefficient (Wildman–Crippen LogP) is 3.34. The van der Waals surface area contributed by atoms with Crippen molar-refractivity contribution in [3.63, 3.8) is 0 Å². The van der Waals surface area contributed by atoms with E-state index in [1.807, 2.05) is 13.8 Å². The first-order chi connectivity index (χ1) is 8.68. The van der Waals surface area contributed by atoms with Gasteiger partial charge in [0.2, 0.25) is 0 Å². The molecule has 2 N–H and O–H groups in total. The first kappa shape index (κ1) is 14.2. The van der Waals surface area contributed by atoms with Crippen molar-refractivity contribution in [2.75, 3.05) is 13.7 Å². The third kappa shape index (κ3) is 2.10. The van der Waals surface area contributed by atoms with Gasteiger partial charge in [0.05, 0.1) is 12.7 Å². The highest BCUT2D eigenvalue weighted by Gasteiger charge is 2.62. The van der Waals surface area contributed by atoms with Gasteiger partial charge in [-0.3, -0.25) is 0 Å². The Morgan fingerprint density at radius 2 is 1.89 bits per heavy atom. The van der Waals surface area contributed by atoms with Gasteiger partial charge >= 0.3 is 6.18 Å². The summed E-state index contributed by atoms with van der Waals surface area (Å²) in [5.41, 5.74) is 5.22. The third-order valence-corrected chi connectivity index (χ3v) is 4.31. The number of nitrogens with two attached hydrogens (primary N) is 1. The summed E-state index contributed by atoms with van der Waals surface area (Å²) in [5, 5.41) is 0. The fourth-order valence-corrected chi connectivity index (χ4v) is 2.89. The van der Waals surface area contributed by atoms with E-state index in [1.54, 1.807) is 0 Å². The summed E-state index contributed by atoms with van der Waals surface area (Å²) >= 11 is 0. The molecular formula is C14H18F3NO. The minimum atomic E-state index is -4.35. The topological polar surface area (TPSA) is 35.2 Å². The molecule has 5 heteroatoms. The minimum Gasteiger partial charge on any atom is -0.496 e. The molecule has 1 atom stereocenters.